The van der Waals surface area contributed by atoms with E-state index in [1.807, 2.05) is 0 Å². The maximum Gasteiger partial charge on any atom is 0.264 e. The number of halogens is 2. The fraction of sp³-hybridized carbons (Fsp3) is 0.500. The van der Waals surface area contributed by atoms with Crippen LogP contribution in [0.3, 0.4) is 0 Å². The molecule has 1 aliphatic rings. The Balaban J connectivity index is 2.38. The van der Waals surface area contributed by atoms with Crippen molar-refractivity contribution in [2.24, 2.45) is 5.41 Å². The summed E-state index contributed by atoms with van der Waals surface area (Å²) in [6.07, 6.45) is 2.11. The number of benzene rings is 1. The van der Waals surface area contributed by atoms with Gasteiger partial charge in [-0.25, -0.2) is 8.78 Å². The second-order valence-corrected chi connectivity index (χ2v) is 7.11. The molecule has 126 valence electrons. The molecule has 1 aromatic carbocycles. The molecule has 0 unspecified atom stereocenters. The average molecular weight is 321 g/mol. The van der Waals surface area contributed by atoms with E-state index in [9.17, 15) is 8.78 Å². The molecule has 1 heterocycles. The summed E-state index contributed by atoms with van der Waals surface area (Å²) in [4.78, 5) is 0. The van der Waals surface area contributed by atoms with Crippen LogP contribution in [0.15, 0.2) is 18.3 Å². The highest BCUT2D eigenvalue weighted by molar-refractivity contribution is 6.09. The predicted molar refractivity (Wildman–Crippen MR) is 92.4 cm³/mol. The van der Waals surface area contributed by atoms with Crippen LogP contribution in [0.2, 0.25) is 0 Å². The van der Waals surface area contributed by atoms with Gasteiger partial charge in [-0.05, 0) is 41.5 Å². The minimum absolute atomic E-state index is 0.0227. The van der Waals surface area contributed by atoms with Gasteiger partial charge in [-0.2, -0.15) is 0 Å². The lowest BCUT2D eigenvalue weighted by Gasteiger charge is -2.22. The minimum atomic E-state index is -2.56. The van der Waals surface area contributed by atoms with E-state index in [2.05, 4.69) is 31.4 Å². The van der Waals surface area contributed by atoms with Crippen LogP contribution in [0.25, 0.3) is 5.57 Å². The number of nitrogens with one attached hydrogen (secondary N) is 3. The molecule has 0 spiro atoms. The lowest BCUT2D eigenvalue weighted by Crippen LogP contribution is -2.23. The Labute approximate surface area is 136 Å². The highest BCUT2D eigenvalue weighted by Gasteiger charge is 2.20. The molecule has 0 radical (unpaired) electrons. The third-order valence-corrected chi connectivity index (χ3v) is 3.81. The standard InChI is InChI=1S/C18H25F2N3/c1-18(2,3)11-22-10-13(9-21)14-7-12-5-4-6-23-16(12)8-15(14)17(19)20/h7-10,17,21-23H,4-6,11H2,1-3H3/b13-10+,21-9?. The van der Waals surface area contributed by atoms with E-state index in [0.717, 1.165) is 36.9 Å². The summed E-state index contributed by atoms with van der Waals surface area (Å²) in [6, 6.07) is 3.34. The first-order chi connectivity index (χ1) is 10.8. The maximum atomic E-state index is 13.5. The second kappa shape index (κ2) is 7.11. The zero-order valence-corrected chi connectivity index (χ0v) is 14.0. The Morgan fingerprint density at radius 3 is 2.74 bits per heavy atom. The molecule has 23 heavy (non-hydrogen) atoms. The monoisotopic (exact) mass is 321 g/mol. The number of anilines is 1. The lowest BCUT2D eigenvalue weighted by atomic mass is 9.93. The van der Waals surface area contributed by atoms with Crippen molar-refractivity contribution in [2.45, 2.75) is 40.0 Å². The Hall–Kier alpha value is -1.91. The van der Waals surface area contributed by atoms with Crippen LogP contribution in [0.4, 0.5) is 14.5 Å². The summed E-state index contributed by atoms with van der Waals surface area (Å²) in [5.41, 5.74) is 2.82. The summed E-state index contributed by atoms with van der Waals surface area (Å²) in [7, 11) is 0. The van der Waals surface area contributed by atoms with Crippen molar-refractivity contribution < 1.29 is 8.78 Å². The van der Waals surface area contributed by atoms with Gasteiger partial charge in [0, 0.05) is 42.3 Å². The number of hydrogen-bond donors (Lipinski definition) is 3. The zero-order chi connectivity index (χ0) is 17.0. The molecule has 3 nitrogen and oxygen atoms in total. The third kappa shape index (κ3) is 4.53. The number of hydrogen-bond acceptors (Lipinski definition) is 3. The number of aryl methyl sites for hydroxylation is 1. The SMILES string of the molecule is CC(C)(C)CN/C=C(\C=N)c1cc2c(cc1C(F)F)NCCC2. The molecule has 3 N–H and O–H groups in total. The molecule has 5 heteroatoms. The fourth-order valence-corrected chi connectivity index (χ4v) is 2.63. The Morgan fingerprint density at radius 2 is 2.13 bits per heavy atom. The summed E-state index contributed by atoms with van der Waals surface area (Å²) >= 11 is 0. The van der Waals surface area contributed by atoms with Crippen LogP contribution < -0.4 is 10.6 Å². The van der Waals surface area contributed by atoms with Crippen molar-refractivity contribution >= 4 is 17.5 Å². The minimum Gasteiger partial charge on any atom is -0.390 e. The van der Waals surface area contributed by atoms with Crippen LogP contribution in [0, 0.1) is 10.8 Å². The van der Waals surface area contributed by atoms with Crippen molar-refractivity contribution in [1.29, 1.82) is 5.41 Å². The first kappa shape index (κ1) is 17.4. The maximum absolute atomic E-state index is 13.5. The average Bonchev–Trinajstić information content (AvgIpc) is 2.49. The first-order valence-corrected chi connectivity index (χ1v) is 7.95. The van der Waals surface area contributed by atoms with Crippen molar-refractivity contribution in [2.75, 3.05) is 18.4 Å². The van der Waals surface area contributed by atoms with Gasteiger partial charge >= 0.3 is 0 Å². The van der Waals surface area contributed by atoms with Crippen molar-refractivity contribution in [3.8, 4) is 0 Å². The summed E-state index contributed by atoms with van der Waals surface area (Å²) < 4.78 is 26.9. The Bertz CT molecular complexity index is 601. The molecule has 0 saturated carbocycles. The molecule has 0 atom stereocenters. The van der Waals surface area contributed by atoms with Crippen LogP contribution in [0.5, 0.6) is 0 Å². The van der Waals surface area contributed by atoms with E-state index >= 15 is 0 Å². The van der Waals surface area contributed by atoms with E-state index in [1.165, 1.54) is 6.07 Å². The fourth-order valence-electron chi connectivity index (χ4n) is 2.63. The van der Waals surface area contributed by atoms with E-state index in [4.69, 9.17) is 5.41 Å². The molecule has 2 rings (SSSR count). The van der Waals surface area contributed by atoms with Crippen molar-refractivity contribution in [1.82, 2.24) is 5.32 Å². The van der Waals surface area contributed by atoms with Gasteiger partial charge in [0.05, 0.1) is 0 Å². The van der Waals surface area contributed by atoms with Gasteiger partial charge in [0.15, 0.2) is 0 Å². The predicted octanol–water partition coefficient (Wildman–Crippen LogP) is 4.61. The summed E-state index contributed by atoms with van der Waals surface area (Å²) in [5.74, 6) is 0. The highest BCUT2D eigenvalue weighted by Crippen LogP contribution is 2.34. The van der Waals surface area contributed by atoms with Gasteiger partial charge in [0.25, 0.3) is 6.43 Å². The van der Waals surface area contributed by atoms with Crippen molar-refractivity contribution in [3.05, 3.63) is 35.0 Å². The quantitative estimate of drug-likeness (QED) is 0.694. The first-order valence-electron chi connectivity index (χ1n) is 7.95. The van der Waals surface area contributed by atoms with E-state index in [-0.39, 0.29) is 11.0 Å². The largest absolute Gasteiger partial charge is 0.390 e. The molecule has 1 aliphatic heterocycles. The second-order valence-electron chi connectivity index (χ2n) is 7.11. The van der Waals surface area contributed by atoms with E-state index in [0.29, 0.717) is 17.7 Å². The van der Waals surface area contributed by atoms with E-state index < -0.39 is 6.43 Å². The van der Waals surface area contributed by atoms with Gasteiger partial charge in [-0.15, -0.1) is 0 Å². The molecule has 0 saturated heterocycles. The van der Waals surface area contributed by atoms with Gasteiger partial charge in [-0.1, -0.05) is 20.8 Å². The molecule has 0 bridgehead atoms. The molecule has 0 aromatic heterocycles. The lowest BCUT2D eigenvalue weighted by molar-refractivity contribution is 0.151. The van der Waals surface area contributed by atoms with Crippen LogP contribution >= 0.6 is 0 Å². The molecular weight excluding hydrogens is 296 g/mol. The Kier molecular flexibility index (Phi) is 5.39. The number of fused-ring (bicyclic) bond motifs is 1. The molecule has 0 fully saturated rings. The van der Waals surface area contributed by atoms with Gasteiger partial charge in [-0.3, -0.25) is 0 Å². The molecular formula is C18H25F2N3. The zero-order valence-electron chi connectivity index (χ0n) is 14.0. The van der Waals surface area contributed by atoms with Crippen LogP contribution in [0.1, 0.15) is 50.3 Å². The number of alkyl halides is 2. The third-order valence-electron chi connectivity index (χ3n) is 3.81. The Morgan fingerprint density at radius 1 is 1.39 bits per heavy atom. The van der Waals surface area contributed by atoms with Crippen LogP contribution in [-0.2, 0) is 6.42 Å². The van der Waals surface area contributed by atoms with E-state index in [1.54, 1.807) is 12.3 Å². The number of rotatable bonds is 5. The van der Waals surface area contributed by atoms with Gasteiger partial charge in [0.1, 0.15) is 0 Å². The van der Waals surface area contributed by atoms with Gasteiger partial charge < -0.3 is 16.0 Å². The smallest absolute Gasteiger partial charge is 0.264 e. The number of allylic oxidation sites excluding steroid dienone is 1. The van der Waals surface area contributed by atoms with Crippen molar-refractivity contribution in [3.63, 3.8) is 0 Å². The van der Waals surface area contributed by atoms with Crippen LogP contribution in [-0.4, -0.2) is 19.3 Å². The van der Waals surface area contributed by atoms with Gasteiger partial charge in [0.2, 0.25) is 0 Å². The summed E-state index contributed by atoms with van der Waals surface area (Å²) in [5, 5.41) is 13.9. The molecule has 0 amide bonds. The summed E-state index contributed by atoms with van der Waals surface area (Å²) in [6.45, 7) is 7.80. The highest BCUT2D eigenvalue weighted by atomic mass is 19.3. The molecule has 0 aliphatic carbocycles. The molecule has 1 aromatic rings. The normalized spacial score (nSPS) is 15.1. The topological polar surface area (TPSA) is 47.9 Å².